The van der Waals surface area contributed by atoms with E-state index < -0.39 is 12.1 Å². The smallest absolute Gasteiger partial charge is 0.246 e. The number of aromatic nitrogens is 1. The standard InChI is InChI=1S/C16H23N3O2/c1-10-6-12(8-17-7-10)9-19-11(2)14(20)18-13(15(19)21)16(3,4)5/h6-8,11,13H,9H2,1-5H3,(H,18,20). The fraction of sp³-hybridized carbons (Fsp3) is 0.562. The minimum absolute atomic E-state index is 0.0314. The molecule has 5 nitrogen and oxygen atoms in total. The number of rotatable bonds is 2. The maximum atomic E-state index is 12.7. The van der Waals surface area contributed by atoms with Crippen LogP contribution in [0.3, 0.4) is 0 Å². The zero-order chi connectivity index (χ0) is 15.8. The molecule has 1 fully saturated rings. The van der Waals surface area contributed by atoms with Crippen LogP contribution in [-0.2, 0) is 16.1 Å². The zero-order valence-corrected chi connectivity index (χ0v) is 13.3. The van der Waals surface area contributed by atoms with Crippen LogP contribution in [0.5, 0.6) is 0 Å². The summed E-state index contributed by atoms with van der Waals surface area (Å²) in [6, 6.07) is 1.04. The third-order valence-electron chi connectivity index (χ3n) is 3.81. The van der Waals surface area contributed by atoms with E-state index in [1.165, 1.54) is 0 Å². The molecule has 1 saturated heterocycles. The van der Waals surface area contributed by atoms with E-state index in [2.05, 4.69) is 10.3 Å². The molecule has 1 N–H and O–H groups in total. The summed E-state index contributed by atoms with van der Waals surface area (Å²) in [5, 5.41) is 2.84. The van der Waals surface area contributed by atoms with E-state index in [1.807, 2.05) is 33.8 Å². The van der Waals surface area contributed by atoms with E-state index in [-0.39, 0.29) is 17.2 Å². The predicted octanol–water partition coefficient (Wildman–Crippen LogP) is 1.65. The summed E-state index contributed by atoms with van der Waals surface area (Å²) in [5.74, 6) is -0.133. The first-order valence-corrected chi connectivity index (χ1v) is 7.21. The molecule has 0 bridgehead atoms. The number of nitrogens with zero attached hydrogens (tertiary/aromatic N) is 2. The molecule has 0 aromatic carbocycles. The molecular weight excluding hydrogens is 266 g/mol. The van der Waals surface area contributed by atoms with Crippen LogP contribution in [0.15, 0.2) is 18.5 Å². The quantitative estimate of drug-likeness (QED) is 0.900. The van der Waals surface area contributed by atoms with Gasteiger partial charge in [-0.3, -0.25) is 14.6 Å². The summed E-state index contributed by atoms with van der Waals surface area (Å²) in [6.45, 7) is 10.0. The Hall–Kier alpha value is -1.91. The minimum Gasteiger partial charge on any atom is -0.342 e. The fourth-order valence-corrected chi connectivity index (χ4v) is 2.53. The Morgan fingerprint density at radius 1 is 1.29 bits per heavy atom. The fourth-order valence-electron chi connectivity index (χ4n) is 2.53. The number of aryl methyl sites for hydroxylation is 1. The Morgan fingerprint density at radius 3 is 2.52 bits per heavy atom. The van der Waals surface area contributed by atoms with Gasteiger partial charge >= 0.3 is 0 Å². The first-order chi connectivity index (χ1) is 9.70. The monoisotopic (exact) mass is 289 g/mol. The Labute approximate surface area is 125 Å². The minimum atomic E-state index is -0.487. The number of hydrogen-bond acceptors (Lipinski definition) is 3. The Morgan fingerprint density at radius 2 is 1.95 bits per heavy atom. The largest absolute Gasteiger partial charge is 0.342 e. The summed E-state index contributed by atoms with van der Waals surface area (Å²) < 4.78 is 0. The van der Waals surface area contributed by atoms with Crippen molar-refractivity contribution < 1.29 is 9.59 Å². The molecule has 2 amide bonds. The van der Waals surface area contributed by atoms with Crippen LogP contribution in [0.1, 0.15) is 38.8 Å². The molecule has 0 saturated carbocycles. The summed E-state index contributed by atoms with van der Waals surface area (Å²) in [7, 11) is 0. The van der Waals surface area contributed by atoms with Gasteiger partial charge in [0.15, 0.2) is 0 Å². The van der Waals surface area contributed by atoms with E-state index in [0.717, 1.165) is 11.1 Å². The number of hydrogen-bond donors (Lipinski definition) is 1. The molecule has 1 aliphatic heterocycles. The second kappa shape index (κ2) is 5.47. The van der Waals surface area contributed by atoms with Gasteiger partial charge in [-0.1, -0.05) is 26.8 Å². The Kier molecular flexibility index (Phi) is 4.03. The third-order valence-corrected chi connectivity index (χ3v) is 3.81. The molecule has 1 aromatic heterocycles. The zero-order valence-electron chi connectivity index (χ0n) is 13.3. The summed E-state index contributed by atoms with van der Waals surface area (Å²) in [4.78, 5) is 30.6. The van der Waals surface area contributed by atoms with Crippen molar-refractivity contribution in [1.82, 2.24) is 15.2 Å². The molecule has 5 heteroatoms. The van der Waals surface area contributed by atoms with Crippen molar-refractivity contribution in [3.05, 3.63) is 29.6 Å². The second-order valence-corrected chi connectivity index (χ2v) is 6.82. The van der Waals surface area contributed by atoms with Crippen LogP contribution < -0.4 is 5.32 Å². The highest BCUT2D eigenvalue weighted by molar-refractivity contribution is 5.97. The van der Waals surface area contributed by atoms with Crippen molar-refractivity contribution >= 4 is 11.8 Å². The third kappa shape index (κ3) is 3.23. The molecule has 2 unspecified atom stereocenters. The number of carbonyl (C=O) groups is 2. The summed E-state index contributed by atoms with van der Waals surface area (Å²) >= 11 is 0. The number of piperazine rings is 1. The van der Waals surface area contributed by atoms with Crippen LogP contribution in [0.25, 0.3) is 0 Å². The molecular formula is C16H23N3O2. The maximum absolute atomic E-state index is 12.7. The molecule has 0 aliphatic carbocycles. The Bertz CT molecular complexity index is 563. The highest BCUT2D eigenvalue weighted by atomic mass is 16.2. The van der Waals surface area contributed by atoms with E-state index in [4.69, 9.17) is 0 Å². The molecule has 0 radical (unpaired) electrons. The second-order valence-electron chi connectivity index (χ2n) is 6.82. The van der Waals surface area contributed by atoms with Crippen LogP contribution in [0, 0.1) is 12.3 Å². The van der Waals surface area contributed by atoms with Gasteiger partial charge in [0.05, 0.1) is 0 Å². The SMILES string of the molecule is Cc1cncc(CN2C(=O)C(C(C)(C)C)NC(=O)C2C)c1. The van der Waals surface area contributed by atoms with Gasteiger partial charge < -0.3 is 10.2 Å². The normalized spacial score (nSPS) is 23.2. The van der Waals surface area contributed by atoms with Gasteiger partial charge in [-0.25, -0.2) is 0 Å². The summed E-state index contributed by atoms with van der Waals surface area (Å²) in [6.07, 6.45) is 3.52. The summed E-state index contributed by atoms with van der Waals surface area (Å²) in [5.41, 5.74) is 1.68. The van der Waals surface area contributed by atoms with E-state index in [1.54, 1.807) is 24.2 Å². The lowest BCUT2D eigenvalue weighted by Crippen LogP contribution is -2.65. The van der Waals surface area contributed by atoms with Gasteiger partial charge in [-0.2, -0.15) is 0 Å². The van der Waals surface area contributed by atoms with Crippen molar-refractivity contribution in [2.24, 2.45) is 5.41 Å². The number of pyridine rings is 1. The van der Waals surface area contributed by atoms with Gasteiger partial charge in [0, 0.05) is 18.9 Å². The van der Waals surface area contributed by atoms with Crippen LogP contribution in [0.4, 0.5) is 0 Å². The number of nitrogens with one attached hydrogen (secondary N) is 1. The molecule has 2 heterocycles. The number of amides is 2. The Balaban J connectivity index is 2.27. The predicted molar refractivity (Wildman–Crippen MR) is 80.4 cm³/mol. The lowest BCUT2D eigenvalue weighted by Gasteiger charge is -2.42. The topological polar surface area (TPSA) is 62.3 Å². The van der Waals surface area contributed by atoms with E-state index in [0.29, 0.717) is 6.54 Å². The first kappa shape index (κ1) is 15.5. The first-order valence-electron chi connectivity index (χ1n) is 7.21. The van der Waals surface area contributed by atoms with Gasteiger partial charge in [-0.05, 0) is 30.4 Å². The molecule has 2 rings (SSSR count). The highest BCUT2D eigenvalue weighted by Gasteiger charge is 2.43. The van der Waals surface area contributed by atoms with Gasteiger partial charge in [0.25, 0.3) is 0 Å². The highest BCUT2D eigenvalue weighted by Crippen LogP contribution is 2.26. The van der Waals surface area contributed by atoms with Crippen molar-refractivity contribution in [1.29, 1.82) is 0 Å². The molecule has 2 atom stereocenters. The van der Waals surface area contributed by atoms with E-state index in [9.17, 15) is 9.59 Å². The maximum Gasteiger partial charge on any atom is 0.246 e. The molecule has 21 heavy (non-hydrogen) atoms. The van der Waals surface area contributed by atoms with Crippen LogP contribution >= 0.6 is 0 Å². The molecule has 0 spiro atoms. The molecule has 114 valence electrons. The average Bonchev–Trinajstić information content (AvgIpc) is 2.37. The van der Waals surface area contributed by atoms with Crippen molar-refractivity contribution in [3.8, 4) is 0 Å². The van der Waals surface area contributed by atoms with Crippen molar-refractivity contribution in [2.45, 2.75) is 53.2 Å². The molecule has 1 aromatic rings. The van der Waals surface area contributed by atoms with Crippen LogP contribution in [-0.4, -0.2) is 33.8 Å². The lowest BCUT2D eigenvalue weighted by molar-refractivity contribution is -0.152. The lowest BCUT2D eigenvalue weighted by atomic mass is 9.84. The van der Waals surface area contributed by atoms with E-state index >= 15 is 0 Å². The average molecular weight is 289 g/mol. The van der Waals surface area contributed by atoms with Gasteiger partial charge in [0.1, 0.15) is 12.1 Å². The number of carbonyl (C=O) groups excluding carboxylic acids is 2. The van der Waals surface area contributed by atoms with Crippen molar-refractivity contribution in [2.75, 3.05) is 0 Å². The van der Waals surface area contributed by atoms with Gasteiger partial charge in [0.2, 0.25) is 11.8 Å². The van der Waals surface area contributed by atoms with Gasteiger partial charge in [-0.15, -0.1) is 0 Å². The van der Waals surface area contributed by atoms with Crippen molar-refractivity contribution in [3.63, 3.8) is 0 Å². The molecule has 1 aliphatic rings. The van der Waals surface area contributed by atoms with Crippen LogP contribution in [0.2, 0.25) is 0 Å².